The second-order valence-electron chi connectivity index (χ2n) is 11.9. The average Bonchev–Trinajstić information content (AvgIpc) is 3.41. The quantitative estimate of drug-likeness (QED) is 0.156. The second kappa shape index (κ2) is 16.2. The fourth-order valence-corrected chi connectivity index (χ4v) is 4.77. The third-order valence-corrected chi connectivity index (χ3v) is 7.22. The van der Waals surface area contributed by atoms with Crippen molar-refractivity contribution in [3.05, 3.63) is 58.2 Å². The molecule has 44 heavy (non-hydrogen) atoms. The van der Waals surface area contributed by atoms with E-state index < -0.39 is 17.1 Å². The highest BCUT2D eigenvalue weighted by atomic mass is 32.1. The Morgan fingerprint density at radius 2 is 1.59 bits per heavy atom. The van der Waals surface area contributed by atoms with E-state index in [1.54, 1.807) is 39.8 Å². The van der Waals surface area contributed by atoms with Gasteiger partial charge in [-0.1, -0.05) is 42.5 Å². The first kappa shape index (κ1) is 34.5. The van der Waals surface area contributed by atoms with Crippen LogP contribution in [-0.4, -0.2) is 67.3 Å². The molecule has 5 N–H and O–H groups in total. The lowest BCUT2D eigenvalue weighted by Crippen LogP contribution is -2.32. The molecule has 1 aromatic carbocycles. The number of amides is 3. The van der Waals surface area contributed by atoms with Crippen molar-refractivity contribution >= 4 is 40.2 Å². The highest BCUT2D eigenvalue weighted by Crippen LogP contribution is 2.21. The van der Waals surface area contributed by atoms with E-state index in [1.807, 2.05) is 24.3 Å². The van der Waals surface area contributed by atoms with Crippen LogP contribution in [0.15, 0.2) is 36.4 Å². The third-order valence-electron chi connectivity index (χ3n) is 6.32. The number of rotatable bonds is 15. The Labute approximate surface area is 260 Å². The smallest absolute Gasteiger partial charge is 0.407 e. The number of nitrogens with one attached hydrogen (secondary N) is 3. The molecule has 0 aliphatic heterocycles. The van der Waals surface area contributed by atoms with Gasteiger partial charge in [0.05, 0.1) is 25.3 Å². The predicted molar refractivity (Wildman–Crippen MR) is 166 cm³/mol. The fraction of sp³-hybridized carbons (Fsp3) is 0.500. The highest BCUT2D eigenvalue weighted by molar-refractivity contribution is 7.15. The van der Waals surface area contributed by atoms with E-state index >= 15 is 0 Å². The number of aliphatic hydroxyl groups excluding tert-OH is 2. The van der Waals surface area contributed by atoms with Gasteiger partial charge in [-0.15, -0.1) is 15.3 Å². The van der Waals surface area contributed by atoms with Crippen molar-refractivity contribution in [2.45, 2.75) is 78.4 Å². The maximum atomic E-state index is 12.6. The van der Waals surface area contributed by atoms with Gasteiger partial charge in [-0.05, 0) is 63.3 Å². The van der Waals surface area contributed by atoms with Gasteiger partial charge in [-0.25, -0.2) is 4.79 Å². The molecule has 3 rings (SSSR count). The number of alkyl carbamates (subject to hydrolysis) is 1. The van der Waals surface area contributed by atoms with Crippen molar-refractivity contribution in [1.29, 1.82) is 0 Å². The Hall–Kier alpha value is -4.01. The molecule has 0 aliphatic carbocycles. The van der Waals surface area contributed by atoms with E-state index in [4.69, 9.17) is 4.74 Å². The molecule has 0 aliphatic rings. The first-order valence-corrected chi connectivity index (χ1v) is 15.2. The molecule has 13 nitrogen and oxygen atoms in total. The number of hydrogen-bond donors (Lipinski definition) is 5. The number of carbonyl (C=O) groups excluding carboxylic acids is 3. The van der Waals surface area contributed by atoms with Crippen LogP contribution in [0.3, 0.4) is 0 Å². The van der Waals surface area contributed by atoms with E-state index in [2.05, 4.69) is 36.3 Å². The summed E-state index contributed by atoms with van der Waals surface area (Å²) in [5.74, 6) is -0.258. The van der Waals surface area contributed by atoms with Crippen LogP contribution < -0.4 is 16.0 Å². The van der Waals surface area contributed by atoms with Gasteiger partial charge < -0.3 is 30.9 Å². The maximum Gasteiger partial charge on any atom is 0.407 e. The van der Waals surface area contributed by atoms with Crippen LogP contribution in [0.4, 0.5) is 15.7 Å². The minimum atomic E-state index is -0.895. The SMILES string of the molecule is CC(CO)(CO)CC(=O)Nc1ccc(CCCCc2nnc(NC(=O)Cc3cccc(CNC(=O)OC(C)(C)C)c3)s2)nn1. The highest BCUT2D eigenvalue weighted by Gasteiger charge is 2.26. The third kappa shape index (κ3) is 12.3. The van der Waals surface area contributed by atoms with E-state index in [0.29, 0.717) is 23.8 Å². The summed E-state index contributed by atoms with van der Waals surface area (Å²) in [7, 11) is 0. The normalized spacial score (nSPS) is 11.6. The van der Waals surface area contributed by atoms with Gasteiger partial charge in [-0.3, -0.25) is 9.59 Å². The number of ether oxygens (including phenoxy) is 1. The Morgan fingerprint density at radius 3 is 2.27 bits per heavy atom. The maximum absolute atomic E-state index is 12.6. The molecule has 3 amide bonds. The molecule has 3 aromatic rings. The van der Waals surface area contributed by atoms with Crippen molar-refractivity contribution in [3.63, 3.8) is 0 Å². The van der Waals surface area contributed by atoms with E-state index in [1.165, 1.54) is 11.3 Å². The molecule has 0 unspecified atom stereocenters. The number of aliphatic hydroxyl groups is 2. The number of aryl methyl sites for hydroxylation is 2. The molecule has 14 heteroatoms. The Balaban J connectivity index is 1.37. The molecule has 0 saturated carbocycles. The van der Waals surface area contributed by atoms with Crippen LogP contribution in [0.25, 0.3) is 0 Å². The van der Waals surface area contributed by atoms with Gasteiger partial charge in [0.25, 0.3) is 0 Å². The minimum absolute atomic E-state index is 0.0368. The van der Waals surface area contributed by atoms with Crippen molar-refractivity contribution in [3.8, 4) is 0 Å². The van der Waals surface area contributed by atoms with Crippen LogP contribution in [0.2, 0.25) is 0 Å². The largest absolute Gasteiger partial charge is 0.444 e. The molecular formula is C30H41N7O6S. The molecule has 238 valence electrons. The van der Waals surface area contributed by atoms with Crippen molar-refractivity contribution in [1.82, 2.24) is 25.7 Å². The summed E-state index contributed by atoms with van der Waals surface area (Å²) in [6.45, 7) is 6.71. The van der Waals surface area contributed by atoms with Gasteiger partial charge >= 0.3 is 6.09 Å². The van der Waals surface area contributed by atoms with Gasteiger partial charge in [0.1, 0.15) is 10.6 Å². The average molecular weight is 628 g/mol. The van der Waals surface area contributed by atoms with Crippen LogP contribution in [0.5, 0.6) is 0 Å². The van der Waals surface area contributed by atoms with Crippen LogP contribution >= 0.6 is 11.3 Å². The number of hydrogen-bond acceptors (Lipinski definition) is 11. The van der Waals surface area contributed by atoms with Gasteiger partial charge in [0, 0.05) is 24.8 Å². The second-order valence-corrected chi connectivity index (χ2v) is 12.9. The molecule has 0 bridgehead atoms. The van der Waals surface area contributed by atoms with Crippen LogP contribution in [0, 0.1) is 5.41 Å². The van der Waals surface area contributed by atoms with Crippen LogP contribution in [0.1, 0.15) is 68.8 Å². The molecule has 2 heterocycles. The number of anilines is 2. The van der Waals surface area contributed by atoms with Crippen molar-refractivity contribution in [2.75, 3.05) is 23.8 Å². The minimum Gasteiger partial charge on any atom is -0.444 e. The van der Waals surface area contributed by atoms with Gasteiger partial charge in [0.15, 0.2) is 5.82 Å². The lowest BCUT2D eigenvalue weighted by atomic mass is 9.88. The number of carbonyl (C=O) groups is 3. The molecule has 0 saturated heterocycles. The van der Waals surface area contributed by atoms with Crippen molar-refractivity contribution in [2.24, 2.45) is 5.41 Å². The summed E-state index contributed by atoms with van der Waals surface area (Å²) in [6, 6.07) is 10.9. The first-order chi connectivity index (χ1) is 20.9. The Kier molecular flexibility index (Phi) is 12.7. The summed E-state index contributed by atoms with van der Waals surface area (Å²) in [4.78, 5) is 36.7. The van der Waals surface area contributed by atoms with E-state index in [9.17, 15) is 24.6 Å². The summed E-state index contributed by atoms with van der Waals surface area (Å²) >= 11 is 1.34. The molecule has 0 spiro atoms. The first-order valence-electron chi connectivity index (χ1n) is 14.4. The topological polar surface area (TPSA) is 189 Å². The number of aromatic nitrogens is 4. The zero-order chi connectivity index (χ0) is 32.2. The Morgan fingerprint density at radius 1 is 0.864 bits per heavy atom. The molecule has 0 atom stereocenters. The fourth-order valence-electron chi connectivity index (χ4n) is 3.97. The predicted octanol–water partition coefficient (Wildman–Crippen LogP) is 3.42. The zero-order valence-corrected chi connectivity index (χ0v) is 26.4. The van der Waals surface area contributed by atoms with Crippen molar-refractivity contribution < 1.29 is 29.3 Å². The molecule has 0 fully saturated rings. The number of unbranched alkanes of at least 4 members (excludes halogenated alkanes) is 1. The monoisotopic (exact) mass is 627 g/mol. The standard InChI is InChI=1S/C30H41N7O6S/c1-29(2,3)43-28(42)31-17-21-9-7-8-20(14-21)15-24(40)33-27-37-36-26(44-27)11-6-5-10-22-12-13-23(35-34-22)32-25(41)16-30(4,18-38)19-39/h7-9,12-14,38-39H,5-6,10-11,15-19H2,1-4H3,(H,31,42)(H,32,35,41)(H,33,37,40). The number of nitrogens with zero attached hydrogens (tertiary/aromatic N) is 4. The summed E-state index contributed by atoms with van der Waals surface area (Å²) in [5, 5.41) is 44.6. The summed E-state index contributed by atoms with van der Waals surface area (Å²) < 4.78 is 5.25. The number of benzene rings is 1. The van der Waals surface area contributed by atoms with Gasteiger partial charge in [0.2, 0.25) is 16.9 Å². The van der Waals surface area contributed by atoms with Gasteiger partial charge in [-0.2, -0.15) is 5.10 Å². The molecular weight excluding hydrogens is 586 g/mol. The lowest BCUT2D eigenvalue weighted by molar-refractivity contribution is -0.120. The summed E-state index contributed by atoms with van der Waals surface area (Å²) in [5.41, 5.74) is 0.977. The van der Waals surface area contributed by atoms with E-state index in [0.717, 1.165) is 34.7 Å². The molecule has 0 radical (unpaired) electrons. The molecule has 2 aromatic heterocycles. The van der Waals surface area contributed by atoms with Crippen LogP contribution in [-0.2, 0) is 40.1 Å². The Bertz CT molecular complexity index is 1390. The van der Waals surface area contributed by atoms with E-state index in [-0.39, 0.29) is 44.4 Å². The lowest BCUT2D eigenvalue weighted by Gasteiger charge is -2.23. The zero-order valence-electron chi connectivity index (χ0n) is 25.6. The summed E-state index contributed by atoms with van der Waals surface area (Å²) in [6.07, 6.45) is 2.70.